The van der Waals surface area contributed by atoms with Crippen LogP contribution in [0.4, 0.5) is 4.79 Å². The van der Waals surface area contributed by atoms with Gasteiger partial charge in [0.2, 0.25) is 0 Å². The number of hydrogen-bond donors (Lipinski definition) is 3. The minimum absolute atomic E-state index is 0.125. The van der Waals surface area contributed by atoms with Crippen molar-refractivity contribution in [1.82, 2.24) is 10.6 Å². The molecule has 2 amide bonds. The maximum absolute atomic E-state index is 11.7. The van der Waals surface area contributed by atoms with Gasteiger partial charge < -0.3 is 15.7 Å². The molecule has 6 heteroatoms. The van der Waals surface area contributed by atoms with E-state index in [0.29, 0.717) is 24.6 Å². The lowest BCUT2D eigenvalue weighted by atomic mass is 10.1. The van der Waals surface area contributed by atoms with Crippen molar-refractivity contribution in [3.8, 4) is 0 Å². The summed E-state index contributed by atoms with van der Waals surface area (Å²) >= 11 is 1.97. The molecule has 1 aliphatic rings. The predicted molar refractivity (Wildman–Crippen MR) is 82.1 cm³/mol. The minimum Gasteiger partial charge on any atom is -0.481 e. The van der Waals surface area contributed by atoms with E-state index >= 15 is 0 Å². The van der Waals surface area contributed by atoms with E-state index in [9.17, 15) is 9.59 Å². The number of thioether (sulfide) groups is 1. The lowest BCUT2D eigenvalue weighted by Crippen LogP contribution is -2.41. The van der Waals surface area contributed by atoms with Crippen LogP contribution in [0.3, 0.4) is 0 Å². The van der Waals surface area contributed by atoms with Gasteiger partial charge in [-0.15, -0.1) is 0 Å². The first-order chi connectivity index (χ1) is 9.52. The second kappa shape index (κ2) is 9.10. The van der Waals surface area contributed by atoms with E-state index in [1.807, 2.05) is 11.8 Å². The Morgan fingerprint density at radius 1 is 1.40 bits per heavy atom. The zero-order valence-corrected chi connectivity index (χ0v) is 13.2. The predicted octanol–water partition coefficient (Wildman–Crippen LogP) is 2.46. The third-order valence-electron chi connectivity index (χ3n) is 3.64. The van der Waals surface area contributed by atoms with Crippen molar-refractivity contribution in [2.75, 3.05) is 12.3 Å². The number of hydrogen-bond acceptors (Lipinski definition) is 3. The maximum atomic E-state index is 11.7. The van der Waals surface area contributed by atoms with E-state index in [-0.39, 0.29) is 18.0 Å². The average molecular weight is 302 g/mol. The topological polar surface area (TPSA) is 78.4 Å². The summed E-state index contributed by atoms with van der Waals surface area (Å²) in [6, 6.07) is 0.164. The van der Waals surface area contributed by atoms with Crippen LogP contribution in [0, 0.1) is 5.92 Å². The molecule has 0 aliphatic heterocycles. The average Bonchev–Trinajstić information content (AvgIpc) is 2.82. The quantitative estimate of drug-likeness (QED) is 0.602. The summed E-state index contributed by atoms with van der Waals surface area (Å²) in [6.07, 6.45) is 4.58. The molecule has 0 saturated heterocycles. The van der Waals surface area contributed by atoms with Crippen LogP contribution in [0.15, 0.2) is 0 Å². The first-order valence-corrected chi connectivity index (χ1v) is 8.46. The molecule has 0 radical (unpaired) electrons. The Kier molecular flexibility index (Phi) is 7.80. The molecule has 0 spiro atoms. The van der Waals surface area contributed by atoms with Gasteiger partial charge in [-0.1, -0.05) is 13.8 Å². The van der Waals surface area contributed by atoms with Crippen LogP contribution >= 0.6 is 11.8 Å². The number of amides is 2. The SMILES string of the molecule is CCSC1CCC(NC(=O)NCCCC(C)C(=O)O)C1. The van der Waals surface area contributed by atoms with Gasteiger partial charge in [0.15, 0.2) is 0 Å². The third kappa shape index (κ3) is 6.50. The molecule has 0 heterocycles. The summed E-state index contributed by atoms with van der Waals surface area (Å²) < 4.78 is 0. The first kappa shape index (κ1) is 17.1. The van der Waals surface area contributed by atoms with Crippen molar-refractivity contribution in [3.63, 3.8) is 0 Å². The number of carboxylic acid groups (broad SMARTS) is 1. The molecule has 20 heavy (non-hydrogen) atoms. The zero-order chi connectivity index (χ0) is 15.0. The minimum atomic E-state index is -0.778. The summed E-state index contributed by atoms with van der Waals surface area (Å²) in [5, 5.41) is 15.2. The smallest absolute Gasteiger partial charge is 0.315 e. The number of carbonyl (C=O) groups is 2. The van der Waals surface area contributed by atoms with Crippen molar-refractivity contribution >= 4 is 23.8 Å². The highest BCUT2D eigenvalue weighted by atomic mass is 32.2. The van der Waals surface area contributed by atoms with Gasteiger partial charge in [0, 0.05) is 17.8 Å². The third-order valence-corrected chi connectivity index (χ3v) is 4.88. The monoisotopic (exact) mass is 302 g/mol. The molecule has 0 aromatic carbocycles. The Labute approximate surface area is 125 Å². The highest BCUT2D eigenvalue weighted by molar-refractivity contribution is 7.99. The molecule has 3 atom stereocenters. The van der Waals surface area contributed by atoms with Gasteiger partial charge in [0.1, 0.15) is 0 Å². The van der Waals surface area contributed by atoms with Crippen molar-refractivity contribution in [2.45, 2.75) is 57.2 Å². The first-order valence-electron chi connectivity index (χ1n) is 7.41. The van der Waals surface area contributed by atoms with E-state index in [2.05, 4.69) is 17.6 Å². The van der Waals surface area contributed by atoms with Gasteiger partial charge >= 0.3 is 12.0 Å². The summed E-state index contributed by atoms with van der Waals surface area (Å²) in [7, 11) is 0. The van der Waals surface area contributed by atoms with Crippen LogP contribution in [-0.2, 0) is 4.79 Å². The van der Waals surface area contributed by atoms with Crippen LogP contribution in [-0.4, -0.2) is 40.7 Å². The second-order valence-electron chi connectivity index (χ2n) is 5.37. The van der Waals surface area contributed by atoms with Gasteiger partial charge in [-0.2, -0.15) is 11.8 Å². The Bertz CT molecular complexity index is 326. The van der Waals surface area contributed by atoms with Crippen molar-refractivity contribution in [3.05, 3.63) is 0 Å². The van der Waals surface area contributed by atoms with Crippen LogP contribution in [0.25, 0.3) is 0 Å². The number of urea groups is 1. The van der Waals surface area contributed by atoms with E-state index < -0.39 is 5.97 Å². The second-order valence-corrected chi connectivity index (χ2v) is 6.95. The molecular formula is C14H26N2O3S. The van der Waals surface area contributed by atoms with E-state index in [1.165, 1.54) is 6.42 Å². The zero-order valence-electron chi connectivity index (χ0n) is 12.4. The summed E-state index contributed by atoms with van der Waals surface area (Å²) in [6.45, 7) is 4.38. The van der Waals surface area contributed by atoms with Crippen molar-refractivity contribution in [2.24, 2.45) is 5.92 Å². The molecule has 1 aliphatic carbocycles. The normalized spacial score (nSPS) is 23.3. The Hall–Kier alpha value is -0.910. The van der Waals surface area contributed by atoms with Gasteiger partial charge in [-0.25, -0.2) is 4.79 Å². The summed E-state index contributed by atoms with van der Waals surface area (Å²) in [5.74, 6) is 0.00659. The number of carbonyl (C=O) groups excluding carboxylic acids is 1. The number of nitrogens with one attached hydrogen (secondary N) is 2. The maximum Gasteiger partial charge on any atom is 0.315 e. The highest BCUT2D eigenvalue weighted by Crippen LogP contribution is 2.29. The molecule has 1 rings (SSSR count). The number of aliphatic carboxylic acids is 1. The lowest BCUT2D eigenvalue weighted by Gasteiger charge is -2.14. The summed E-state index contributed by atoms with van der Waals surface area (Å²) in [5.41, 5.74) is 0. The molecular weight excluding hydrogens is 276 g/mol. The molecule has 0 aromatic rings. The molecule has 116 valence electrons. The molecule has 1 saturated carbocycles. The molecule has 3 N–H and O–H groups in total. The van der Waals surface area contributed by atoms with Crippen LogP contribution < -0.4 is 10.6 Å². The summed E-state index contributed by atoms with van der Waals surface area (Å²) in [4.78, 5) is 22.3. The Morgan fingerprint density at radius 3 is 2.80 bits per heavy atom. The Balaban J connectivity index is 2.08. The van der Waals surface area contributed by atoms with E-state index in [1.54, 1.807) is 6.92 Å². The lowest BCUT2D eigenvalue weighted by molar-refractivity contribution is -0.141. The number of carboxylic acids is 1. The van der Waals surface area contributed by atoms with E-state index in [0.717, 1.165) is 18.6 Å². The molecule has 3 unspecified atom stereocenters. The van der Waals surface area contributed by atoms with Crippen molar-refractivity contribution < 1.29 is 14.7 Å². The molecule has 5 nitrogen and oxygen atoms in total. The van der Waals surface area contributed by atoms with Gasteiger partial charge in [0.05, 0.1) is 5.92 Å². The standard InChI is InChI=1S/C14H26N2O3S/c1-3-20-12-7-6-11(9-12)16-14(19)15-8-4-5-10(2)13(17)18/h10-12H,3-9H2,1-2H3,(H,17,18)(H2,15,16,19). The fourth-order valence-electron chi connectivity index (χ4n) is 2.43. The Morgan fingerprint density at radius 2 is 2.15 bits per heavy atom. The van der Waals surface area contributed by atoms with Gasteiger partial charge in [0.25, 0.3) is 0 Å². The van der Waals surface area contributed by atoms with Crippen LogP contribution in [0.2, 0.25) is 0 Å². The van der Waals surface area contributed by atoms with Crippen molar-refractivity contribution in [1.29, 1.82) is 0 Å². The van der Waals surface area contributed by atoms with E-state index in [4.69, 9.17) is 5.11 Å². The van der Waals surface area contributed by atoms with Crippen LogP contribution in [0.5, 0.6) is 0 Å². The van der Waals surface area contributed by atoms with Gasteiger partial charge in [-0.05, 0) is 37.9 Å². The van der Waals surface area contributed by atoms with Crippen LogP contribution in [0.1, 0.15) is 46.0 Å². The number of rotatable bonds is 8. The molecule has 1 fully saturated rings. The molecule has 0 bridgehead atoms. The highest BCUT2D eigenvalue weighted by Gasteiger charge is 2.25. The van der Waals surface area contributed by atoms with Gasteiger partial charge in [-0.3, -0.25) is 4.79 Å². The fraction of sp³-hybridized carbons (Fsp3) is 0.857. The fourth-order valence-corrected chi connectivity index (χ4v) is 3.57. The molecule has 0 aromatic heterocycles. The largest absolute Gasteiger partial charge is 0.481 e.